The van der Waals surface area contributed by atoms with Crippen molar-refractivity contribution in [1.29, 1.82) is 0 Å². The number of likely N-dealkylation sites (N-methyl/N-ethyl adjacent to an activating group) is 1. The van der Waals surface area contributed by atoms with E-state index in [1.807, 2.05) is 56.1 Å². The molecule has 25 heavy (non-hydrogen) atoms. The van der Waals surface area contributed by atoms with Gasteiger partial charge in [0.15, 0.2) is 0 Å². The van der Waals surface area contributed by atoms with Crippen molar-refractivity contribution in [2.45, 2.75) is 20.4 Å². The predicted octanol–water partition coefficient (Wildman–Crippen LogP) is 3.16. The Morgan fingerprint density at radius 2 is 1.84 bits per heavy atom. The molecule has 0 radical (unpaired) electrons. The highest BCUT2D eigenvalue weighted by atomic mass is 16.5. The molecule has 0 aliphatic heterocycles. The van der Waals surface area contributed by atoms with Gasteiger partial charge in [0.1, 0.15) is 0 Å². The van der Waals surface area contributed by atoms with Gasteiger partial charge >= 0.3 is 5.97 Å². The van der Waals surface area contributed by atoms with Crippen molar-refractivity contribution in [3.05, 3.63) is 64.7 Å². The van der Waals surface area contributed by atoms with Crippen LogP contribution in [0.5, 0.6) is 0 Å². The van der Waals surface area contributed by atoms with Crippen LogP contribution in [-0.4, -0.2) is 37.5 Å². The number of nitrogens with zero attached hydrogens (tertiary/aromatic N) is 1. The van der Waals surface area contributed by atoms with E-state index in [0.29, 0.717) is 12.1 Å². The molecule has 0 unspecified atom stereocenters. The van der Waals surface area contributed by atoms with E-state index < -0.39 is 0 Å². The van der Waals surface area contributed by atoms with E-state index in [2.05, 4.69) is 5.32 Å². The maximum atomic E-state index is 12.3. The summed E-state index contributed by atoms with van der Waals surface area (Å²) < 4.78 is 4.73. The van der Waals surface area contributed by atoms with Gasteiger partial charge in [-0.1, -0.05) is 24.3 Å². The number of esters is 1. The first-order valence-corrected chi connectivity index (χ1v) is 8.12. The van der Waals surface area contributed by atoms with Crippen molar-refractivity contribution in [2.75, 3.05) is 26.0 Å². The molecule has 0 saturated carbocycles. The number of aryl methyl sites for hydroxylation is 1. The maximum absolute atomic E-state index is 12.3. The molecule has 2 aromatic rings. The van der Waals surface area contributed by atoms with Gasteiger partial charge in [-0.3, -0.25) is 9.69 Å². The Hall–Kier alpha value is -2.66. The van der Waals surface area contributed by atoms with Gasteiger partial charge in [-0.25, -0.2) is 4.79 Å². The summed E-state index contributed by atoms with van der Waals surface area (Å²) in [4.78, 5) is 25.8. The van der Waals surface area contributed by atoms with E-state index in [0.717, 1.165) is 22.4 Å². The van der Waals surface area contributed by atoms with Crippen LogP contribution in [0.15, 0.2) is 42.5 Å². The number of ether oxygens (including phenoxy) is 1. The third-order valence-corrected chi connectivity index (χ3v) is 4.09. The second kappa shape index (κ2) is 8.44. The molecule has 0 aliphatic rings. The predicted molar refractivity (Wildman–Crippen MR) is 98.7 cm³/mol. The van der Waals surface area contributed by atoms with Crippen LogP contribution in [0.4, 0.5) is 5.69 Å². The van der Waals surface area contributed by atoms with Crippen LogP contribution < -0.4 is 5.32 Å². The quantitative estimate of drug-likeness (QED) is 0.821. The van der Waals surface area contributed by atoms with Crippen molar-refractivity contribution >= 4 is 17.6 Å². The van der Waals surface area contributed by atoms with E-state index in [1.54, 1.807) is 12.1 Å². The molecular formula is C20H24N2O3. The minimum absolute atomic E-state index is 0.0691. The number of rotatable bonds is 6. The molecule has 1 N–H and O–H groups in total. The van der Waals surface area contributed by atoms with E-state index in [4.69, 9.17) is 4.74 Å². The summed E-state index contributed by atoms with van der Waals surface area (Å²) in [5.41, 5.74) is 4.51. The molecule has 1 amide bonds. The summed E-state index contributed by atoms with van der Waals surface area (Å²) in [6, 6.07) is 13.1. The molecule has 132 valence electrons. The molecule has 5 heteroatoms. The first-order chi connectivity index (χ1) is 11.9. The van der Waals surface area contributed by atoms with E-state index >= 15 is 0 Å². The lowest BCUT2D eigenvalue weighted by atomic mass is 10.1. The lowest BCUT2D eigenvalue weighted by Gasteiger charge is -2.17. The summed E-state index contributed by atoms with van der Waals surface area (Å²) in [5.74, 6) is -0.433. The average molecular weight is 340 g/mol. The zero-order chi connectivity index (χ0) is 18.4. The topological polar surface area (TPSA) is 58.6 Å². The molecule has 0 spiro atoms. The molecule has 2 aromatic carbocycles. The molecule has 0 saturated heterocycles. The number of amides is 1. The second-order valence-electron chi connectivity index (χ2n) is 6.16. The first-order valence-electron chi connectivity index (χ1n) is 8.12. The van der Waals surface area contributed by atoms with Crippen molar-refractivity contribution in [1.82, 2.24) is 4.90 Å². The smallest absolute Gasteiger partial charge is 0.337 e. The highest BCUT2D eigenvalue weighted by Gasteiger charge is 2.11. The number of hydrogen-bond acceptors (Lipinski definition) is 4. The summed E-state index contributed by atoms with van der Waals surface area (Å²) in [6.45, 7) is 4.83. The maximum Gasteiger partial charge on any atom is 0.337 e. The summed E-state index contributed by atoms with van der Waals surface area (Å²) in [5, 5.41) is 2.95. The van der Waals surface area contributed by atoms with Gasteiger partial charge in [0.25, 0.3) is 0 Å². The Kier molecular flexibility index (Phi) is 6.31. The Labute approximate surface area is 148 Å². The summed E-state index contributed by atoms with van der Waals surface area (Å²) >= 11 is 0. The van der Waals surface area contributed by atoms with Gasteiger partial charge in [0.05, 0.1) is 19.2 Å². The number of nitrogens with one attached hydrogen (secondary N) is 1. The fraction of sp³-hybridized carbons (Fsp3) is 0.300. The molecule has 0 aromatic heterocycles. The number of hydrogen-bond donors (Lipinski definition) is 1. The number of methoxy groups -OCH3 is 1. The Balaban J connectivity index is 1.95. The van der Waals surface area contributed by atoms with Crippen LogP contribution in [0.25, 0.3) is 0 Å². The highest BCUT2D eigenvalue weighted by Crippen LogP contribution is 2.18. The Morgan fingerprint density at radius 1 is 1.12 bits per heavy atom. The van der Waals surface area contributed by atoms with Crippen LogP contribution in [-0.2, 0) is 16.1 Å². The van der Waals surface area contributed by atoms with E-state index in [-0.39, 0.29) is 18.4 Å². The van der Waals surface area contributed by atoms with Crippen molar-refractivity contribution in [2.24, 2.45) is 0 Å². The van der Waals surface area contributed by atoms with Gasteiger partial charge in [-0.2, -0.15) is 0 Å². The van der Waals surface area contributed by atoms with Crippen LogP contribution >= 0.6 is 0 Å². The summed E-state index contributed by atoms with van der Waals surface area (Å²) in [6.07, 6.45) is 0. The fourth-order valence-corrected chi connectivity index (χ4v) is 2.60. The Morgan fingerprint density at radius 3 is 2.56 bits per heavy atom. The SMILES string of the molecule is COC(=O)c1cccc(CN(C)CC(=O)Nc2cccc(C)c2C)c1. The van der Waals surface area contributed by atoms with Crippen LogP contribution in [0.2, 0.25) is 0 Å². The number of anilines is 1. The fourth-order valence-electron chi connectivity index (χ4n) is 2.60. The van der Waals surface area contributed by atoms with Crippen molar-refractivity contribution < 1.29 is 14.3 Å². The molecule has 2 rings (SSSR count). The summed E-state index contributed by atoms with van der Waals surface area (Å²) in [7, 11) is 3.23. The van der Waals surface area contributed by atoms with Crippen LogP contribution in [0.3, 0.4) is 0 Å². The van der Waals surface area contributed by atoms with Gasteiger partial charge in [0, 0.05) is 12.2 Å². The zero-order valence-corrected chi connectivity index (χ0v) is 15.1. The zero-order valence-electron chi connectivity index (χ0n) is 15.1. The third kappa shape index (κ3) is 5.16. The molecule has 0 aliphatic carbocycles. The van der Waals surface area contributed by atoms with Crippen LogP contribution in [0, 0.1) is 13.8 Å². The Bertz CT molecular complexity index is 771. The standard InChI is InChI=1S/C20H24N2O3/c1-14-7-5-10-18(15(14)2)21-19(23)13-22(3)12-16-8-6-9-17(11-16)20(24)25-4/h5-11H,12-13H2,1-4H3,(H,21,23). The molecule has 0 bridgehead atoms. The van der Waals surface area contributed by atoms with Crippen LogP contribution in [0.1, 0.15) is 27.0 Å². The van der Waals surface area contributed by atoms with Gasteiger partial charge in [0.2, 0.25) is 5.91 Å². The van der Waals surface area contributed by atoms with E-state index in [1.165, 1.54) is 7.11 Å². The minimum Gasteiger partial charge on any atom is -0.465 e. The van der Waals surface area contributed by atoms with Gasteiger partial charge in [-0.05, 0) is 55.8 Å². The normalized spacial score (nSPS) is 10.6. The van der Waals surface area contributed by atoms with Crippen molar-refractivity contribution in [3.63, 3.8) is 0 Å². The lowest BCUT2D eigenvalue weighted by Crippen LogP contribution is -2.30. The highest BCUT2D eigenvalue weighted by molar-refractivity contribution is 5.93. The number of carbonyl (C=O) groups excluding carboxylic acids is 2. The van der Waals surface area contributed by atoms with Crippen molar-refractivity contribution in [3.8, 4) is 0 Å². The average Bonchev–Trinajstić information content (AvgIpc) is 2.58. The van der Waals surface area contributed by atoms with E-state index in [9.17, 15) is 9.59 Å². The molecule has 5 nitrogen and oxygen atoms in total. The van der Waals surface area contributed by atoms with Gasteiger partial charge < -0.3 is 10.1 Å². The number of carbonyl (C=O) groups is 2. The largest absolute Gasteiger partial charge is 0.465 e. The third-order valence-electron chi connectivity index (χ3n) is 4.09. The second-order valence-corrected chi connectivity index (χ2v) is 6.16. The monoisotopic (exact) mass is 340 g/mol. The number of benzene rings is 2. The first kappa shape index (κ1) is 18.7. The minimum atomic E-state index is -0.364. The van der Waals surface area contributed by atoms with Gasteiger partial charge in [-0.15, -0.1) is 0 Å². The lowest BCUT2D eigenvalue weighted by molar-refractivity contribution is -0.117. The molecule has 0 heterocycles. The molecule has 0 atom stereocenters. The molecule has 0 fully saturated rings. The molecular weight excluding hydrogens is 316 g/mol.